The quantitative estimate of drug-likeness (QED) is 0.712. The van der Waals surface area contributed by atoms with E-state index in [4.69, 9.17) is 11.6 Å². The van der Waals surface area contributed by atoms with Crippen LogP contribution >= 0.6 is 11.6 Å². The van der Waals surface area contributed by atoms with E-state index in [2.05, 4.69) is 18.8 Å². The maximum Gasteiger partial charge on any atom is 0.125 e. The number of aryl methyl sites for hydroxylation is 2. The first-order valence-corrected chi connectivity index (χ1v) is 6.05. The Balaban J connectivity index is 2.92. The SMILES string of the molecule is Cc1nc2cc(F)cc(C)c2c(Cl)c1C(C)C. The smallest absolute Gasteiger partial charge is 0.125 e. The molecule has 0 atom stereocenters. The van der Waals surface area contributed by atoms with Gasteiger partial charge >= 0.3 is 0 Å². The van der Waals surface area contributed by atoms with Gasteiger partial charge in [-0.2, -0.15) is 0 Å². The number of hydrogen-bond acceptors (Lipinski definition) is 1. The minimum absolute atomic E-state index is 0.268. The molecule has 17 heavy (non-hydrogen) atoms. The second-order valence-corrected chi connectivity index (χ2v) is 5.07. The van der Waals surface area contributed by atoms with Crippen molar-refractivity contribution in [3.8, 4) is 0 Å². The predicted octanol–water partition coefficient (Wildman–Crippen LogP) is 4.77. The summed E-state index contributed by atoms with van der Waals surface area (Å²) in [6.07, 6.45) is 0. The molecule has 0 amide bonds. The van der Waals surface area contributed by atoms with Crippen LogP contribution in [-0.2, 0) is 0 Å². The molecule has 90 valence electrons. The third-order valence-corrected chi connectivity index (χ3v) is 3.38. The highest BCUT2D eigenvalue weighted by Gasteiger charge is 2.15. The number of pyridine rings is 1. The molecule has 0 aliphatic heterocycles. The molecular formula is C14H15ClFN. The normalized spacial score (nSPS) is 11.5. The van der Waals surface area contributed by atoms with Crippen LogP contribution in [0.25, 0.3) is 10.9 Å². The maximum absolute atomic E-state index is 13.3. The Morgan fingerprint density at radius 1 is 1.24 bits per heavy atom. The first kappa shape index (κ1) is 12.3. The highest BCUT2D eigenvalue weighted by atomic mass is 35.5. The van der Waals surface area contributed by atoms with Gasteiger partial charge in [0.1, 0.15) is 5.82 Å². The molecule has 0 aliphatic rings. The first-order valence-electron chi connectivity index (χ1n) is 5.67. The fourth-order valence-corrected chi connectivity index (χ4v) is 2.91. The number of benzene rings is 1. The van der Waals surface area contributed by atoms with E-state index in [1.165, 1.54) is 12.1 Å². The molecule has 0 unspecified atom stereocenters. The Morgan fingerprint density at radius 2 is 1.88 bits per heavy atom. The molecule has 1 aromatic carbocycles. The second kappa shape index (κ2) is 4.26. The molecule has 0 radical (unpaired) electrons. The molecular weight excluding hydrogens is 237 g/mol. The van der Waals surface area contributed by atoms with Crippen molar-refractivity contribution in [2.24, 2.45) is 0 Å². The van der Waals surface area contributed by atoms with Crippen molar-refractivity contribution in [1.29, 1.82) is 0 Å². The van der Waals surface area contributed by atoms with Crippen LogP contribution in [0.3, 0.4) is 0 Å². The third kappa shape index (κ3) is 2.02. The Hall–Kier alpha value is -1.15. The summed E-state index contributed by atoms with van der Waals surface area (Å²) in [6.45, 7) is 7.94. The van der Waals surface area contributed by atoms with Gasteiger partial charge < -0.3 is 0 Å². The molecule has 0 bridgehead atoms. The molecule has 0 N–H and O–H groups in total. The monoisotopic (exact) mass is 251 g/mol. The van der Waals surface area contributed by atoms with Crippen molar-refractivity contribution in [3.05, 3.63) is 39.8 Å². The van der Waals surface area contributed by atoms with E-state index in [1.807, 2.05) is 13.8 Å². The van der Waals surface area contributed by atoms with Gasteiger partial charge in [0, 0.05) is 17.1 Å². The third-order valence-electron chi connectivity index (χ3n) is 2.99. The van der Waals surface area contributed by atoms with Crippen LogP contribution in [-0.4, -0.2) is 4.98 Å². The number of halogens is 2. The van der Waals surface area contributed by atoms with Crippen LogP contribution in [0, 0.1) is 19.7 Å². The van der Waals surface area contributed by atoms with Gasteiger partial charge in [-0.05, 0) is 37.0 Å². The predicted molar refractivity (Wildman–Crippen MR) is 70.3 cm³/mol. The molecule has 0 fully saturated rings. The summed E-state index contributed by atoms with van der Waals surface area (Å²) >= 11 is 6.44. The average molecular weight is 252 g/mol. The van der Waals surface area contributed by atoms with E-state index < -0.39 is 0 Å². The molecule has 2 aromatic rings. The van der Waals surface area contributed by atoms with Crippen molar-refractivity contribution in [2.45, 2.75) is 33.6 Å². The van der Waals surface area contributed by atoms with Crippen molar-refractivity contribution in [2.75, 3.05) is 0 Å². The Kier molecular flexibility index (Phi) is 3.09. The van der Waals surface area contributed by atoms with Gasteiger partial charge in [0.2, 0.25) is 0 Å². The van der Waals surface area contributed by atoms with E-state index in [1.54, 1.807) is 0 Å². The minimum atomic E-state index is -0.268. The van der Waals surface area contributed by atoms with Gasteiger partial charge in [0.15, 0.2) is 0 Å². The molecule has 1 nitrogen and oxygen atoms in total. The zero-order valence-corrected chi connectivity index (χ0v) is 11.2. The molecule has 2 rings (SSSR count). The summed E-state index contributed by atoms with van der Waals surface area (Å²) in [6, 6.07) is 2.93. The largest absolute Gasteiger partial charge is 0.253 e. The Bertz CT molecular complexity index is 591. The summed E-state index contributed by atoms with van der Waals surface area (Å²) in [7, 11) is 0. The highest BCUT2D eigenvalue weighted by Crippen LogP contribution is 2.34. The average Bonchev–Trinajstić information content (AvgIpc) is 2.13. The van der Waals surface area contributed by atoms with Crippen LogP contribution < -0.4 is 0 Å². The summed E-state index contributed by atoms with van der Waals surface area (Å²) < 4.78 is 13.3. The molecule has 3 heteroatoms. The lowest BCUT2D eigenvalue weighted by molar-refractivity contribution is 0.628. The van der Waals surface area contributed by atoms with Crippen LogP contribution in [0.2, 0.25) is 5.02 Å². The number of fused-ring (bicyclic) bond motifs is 1. The van der Waals surface area contributed by atoms with Crippen molar-refractivity contribution >= 4 is 22.5 Å². The number of hydrogen-bond donors (Lipinski definition) is 0. The van der Waals surface area contributed by atoms with Crippen LogP contribution in [0.4, 0.5) is 4.39 Å². The minimum Gasteiger partial charge on any atom is -0.253 e. The van der Waals surface area contributed by atoms with Crippen LogP contribution in [0.1, 0.15) is 36.6 Å². The van der Waals surface area contributed by atoms with Crippen LogP contribution in [0.5, 0.6) is 0 Å². The fourth-order valence-electron chi connectivity index (χ4n) is 2.30. The van der Waals surface area contributed by atoms with Crippen molar-refractivity contribution < 1.29 is 4.39 Å². The lowest BCUT2D eigenvalue weighted by Gasteiger charge is -2.15. The Morgan fingerprint density at radius 3 is 2.47 bits per heavy atom. The number of nitrogens with zero attached hydrogens (tertiary/aromatic N) is 1. The number of aromatic nitrogens is 1. The van der Waals surface area contributed by atoms with E-state index in [9.17, 15) is 4.39 Å². The summed E-state index contributed by atoms with van der Waals surface area (Å²) in [4.78, 5) is 4.45. The molecule has 0 aliphatic carbocycles. The molecule has 0 saturated heterocycles. The zero-order valence-electron chi connectivity index (χ0n) is 10.4. The van der Waals surface area contributed by atoms with Gasteiger partial charge in [-0.3, -0.25) is 4.98 Å². The van der Waals surface area contributed by atoms with Gasteiger partial charge in [0.25, 0.3) is 0 Å². The lowest BCUT2D eigenvalue weighted by atomic mass is 9.98. The molecule has 0 spiro atoms. The van der Waals surface area contributed by atoms with Gasteiger partial charge in [-0.1, -0.05) is 25.4 Å². The van der Waals surface area contributed by atoms with E-state index >= 15 is 0 Å². The summed E-state index contributed by atoms with van der Waals surface area (Å²) in [5.41, 5.74) is 3.39. The van der Waals surface area contributed by atoms with Gasteiger partial charge in [-0.15, -0.1) is 0 Å². The first-order chi connectivity index (χ1) is 7.91. The van der Waals surface area contributed by atoms with Crippen LogP contribution in [0.15, 0.2) is 12.1 Å². The summed E-state index contributed by atoms with van der Waals surface area (Å²) in [5.74, 6) is 0.0408. The maximum atomic E-state index is 13.3. The second-order valence-electron chi connectivity index (χ2n) is 4.70. The zero-order chi connectivity index (χ0) is 12.7. The van der Waals surface area contributed by atoms with Gasteiger partial charge in [0.05, 0.1) is 10.5 Å². The van der Waals surface area contributed by atoms with E-state index in [-0.39, 0.29) is 5.82 Å². The summed E-state index contributed by atoms with van der Waals surface area (Å²) in [5, 5.41) is 1.57. The van der Waals surface area contributed by atoms with Crippen molar-refractivity contribution in [3.63, 3.8) is 0 Å². The van der Waals surface area contributed by atoms with E-state index in [0.717, 1.165) is 22.2 Å². The molecule has 0 saturated carbocycles. The number of rotatable bonds is 1. The Labute approximate surface area is 106 Å². The van der Waals surface area contributed by atoms with E-state index in [0.29, 0.717) is 16.5 Å². The lowest BCUT2D eigenvalue weighted by Crippen LogP contribution is -1.99. The topological polar surface area (TPSA) is 12.9 Å². The standard InChI is InChI=1S/C14H15ClFN/c1-7(2)12-9(4)17-11-6-10(16)5-8(3)13(11)14(12)15/h5-7H,1-4H3. The van der Waals surface area contributed by atoms with Crippen molar-refractivity contribution in [1.82, 2.24) is 4.98 Å². The molecule has 1 heterocycles. The van der Waals surface area contributed by atoms with Gasteiger partial charge in [-0.25, -0.2) is 4.39 Å². The highest BCUT2D eigenvalue weighted by molar-refractivity contribution is 6.36. The fraction of sp³-hybridized carbons (Fsp3) is 0.357. The molecule has 1 aromatic heterocycles.